The van der Waals surface area contributed by atoms with Gasteiger partial charge in [0.25, 0.3) is 5.91 Å². The second kappa shape index (κ2) is 7.29. The van der Waals surface area contributed by atoms with Gasteiger partial charge in [-0.25, -0.2) is 14.8 Å². The summed E-state index contributed by atoms with van der Waals surface area (Å²) in [4.78, 5) is 38.4. The first-order valence-electron chi connectivity index (χ1n) is 9.84. The van der Waals surface area contributed by atoms with Crippen LogP contribution in [-0.4, -0.2) is 47.6 Å². The van der Waals surface area contributed by atoms with Crippen LogP contribution in [-0.2, 0) is 0 Å². The third-order valence-corrected chi connectivity index (χ3v) is 6.10. The van der Waals surface area contributed by atoms with Crippen molar-refractivity contribution in [3.63, 3.8) is 0 Å². The van der Waals surface area contributed by atoms with Crippen LogP contribution >= 0.6 is 15.9 Å². The SMILES string of the molecule is O=C(NCC1CC1)c1ccc2c(n1)N(C(=O)Nc1cc(Br)ccn1)C1CCN2C1. The maximum atomic E-state index is 13.1. The van der Waals surface area contributed by atoms with Crippen molar-refractivity contribution < 1.29 is 9.59 Å². The molecule has 5 rings (SSSR count). The summed E-state index contributed by atoms with van der Waals surface area (Å²) in [5, 5.41) is 5.81. The van der Waals surface area contributed by atoms with E-state index in [0.29, 0.717) is 29.8 Å². The molecule has 2 fully saturated rings. The fourth-order valence-electron chi connectivity index (χ4n) is 3.89. The highest BCUT2D eigenvalue weighted by Crippen LogP contribution is 2.39. The third kappa shape index (κ3) is 3.66. The lowest BCUT2D eigenvalue weighted by molar-refractivity contribution is 0.0947. The van der Waals surface area contributed by atoms with E-state index in [4.69, 9.17) is 0 Å². The highest BCUT2D eigenvalue weighted by Gasteiger charge is 2.40. The topological polar surface area (TPSA) is 90.5 Å². The van der Waals surface area contributed by atoms with Crippen LogP contribution < -0.4 is 20.4 Å². The van der Waals surface area contributed by atoms with E-state index >= 15 is 0 Å². The number of carbonyl (C=O) groups is 2. The molecule has 4 heterocycles. The number of anilines is 3. The van der Waals surface area contributed by atoms with Crippen LogP contribution in [0, 0.1) is 5.92 Å². The number of amides is 3. The van der Waals surface area contributed by atoms with E-state index in [1.54, 1.807) is 29.3 Å². The van der Waals surface area contributed by atoms with E-state index in [2.05, 4.69) is 41.4 Å². The normalized spacial score (nSPS) is 19.7. The van der Waals surface area contributed by atoms with Crippen LogP contribution in [0.3, 0.4) is 0 Å². The van der Waals surface area contributed by atoms with E-state index in [9.17, 15) is 9.59 Å². The Bertz CT molecular complexity index is 979. The summed E-state index contributed by atoms with van der Waals surface area (Å²) in [6.45, 7) is 2.32. The number of fused-ring (bicyclic) bond motifs is 4. The van der Waals surface area contributed by atoms with Crippen molar-refractivity contribution in [3.8, 4) is 0 Å². The molecule has 29 heavy (non-hydrogen) atoms. The number of halogens is 1. The molecule has 1 atom stereocenters. The average molecular weight is 457 g/mol. The van der Waals surface area contributed by atoms with Gasteiger partial charge < -0.3 is 10.2 Å². The molecular weight excluding hydrogens is 436 g/mol. The minimum atomic E-state index is -0.286. The number of aromatic nitrogens is 2. The van der Waals surface area contributed by atoms with Crippen molar-refractivity contribution in [1.29, 1.82) is 0 Å². The van der Waals surface area contributed by atoms with Crippen LogP contribution in [0.4, 0.5) is 22.1 Å². The predicted octanol–water partition coefficient (Wildman–Crippen LogP) is 3.01. The second-order valence-electron chi connectivity index (χ2n) is 7.74. The number of rotatable bonds is 4. The number of carbonyl (C=O) groups excluding carboxylic acids is 2. The van der Waals surface area contributed by atoms with Crippen LogP contribution in [0.2, 0.25) is 0 Å². The Morgan fingerprint density at radius 3 is 2.86 bits per heavy atom. The number of hydrogen-bond donors (Lipinski definition) is 2. The van der Waals surface area contributed by atoms with E-state index in [0.717, 1.165) is 29.7 Å². The van der Waals surface area contributed by atoms with Gasteiger partial charge >= 0.3 is 6.03 Å². The summed E-state index contributed by atoms with van der Waals surface area (Å²) in [5.74, 6) is 1.40. The molecule has 1 saturated heterocycles. The molecule has 2 bridgehead atoms. The van der Waals surface area contributed by atoms with Crippen molar-refractivity contribution in [2.45, 2.75) is 25.3 Å². The smallest absolute Gasteiger partial charge is 0.329 e. The van der Waals surface area contributed by atoms with Gasteiger partial charge in [0.2, 0.25) is 0 Å². The molecule has 8 nitrogen and oxygen atoms in total. The number of pyridine rings is 2. The lowest BCUT2D eigenvalue weighted by Gasteiger charge is -2.35. The summed E-state index contributed by atoms with van der Waals surface area (Å²) < 4.78 is 0.835. The summed E-state index contributed by atoms with van der Waals surface area (Å²) in [6.07, 6.45) is 4.83. The van der Waals surface area contributed by atoms with Gasteiger partial charge in [-0.05, 0) is 49.4 Å². The molecule has 150 valence electrons. The van der Waals surface area contributed by atoms with Gasteiger partial charge in [0.05, 0.1) is 11.7 Å². The van der Waals surface area contributed by atoms with Crippen molar-refractivity contribution in [3.05, 3.63) is 40.6 Å². The fraction of sp³-hybridized carbons (Fsp3) is 0.400. The van der Waals surface area contributed by atoms with Crippen molar-refractivity contribution in [2.24, 2.45) is 5.92 Å². The molecule has 0 radical (unpaired) electrons. The monoisotopic (exact) mass is 456 g/mol. The van der Waals surface area contributed by atoms with Crippen molar-refractivity contribution in [1.82, 2.24) is 15.3 Å². The van der Waals surface area contributed by atoms with Crippen LogP contribution in [0.15, 0.2) is 34.9 Å². The maximum absolute atomic E-state index is 13.1. The zero-order valence-electron chi connectivity index (χ0n) is 15.8. The highest BCUT2D eigenvalue weighted by molar-refractivity contribution is 9.10. The zero-order chi connectivity index (χ0) is 20.0. The molecule has 2 aromatic rings. The molecule has 2 aliphatic heterocycles. The summed E-state index contributed by atoms with van der Waals surface area (Å²) in [7, 11) is 0. The Morgan fingerprint density at radius 2 is 2.07 bits per heavy atom. The Morgan fingerprint density at radius 1 is 1.21 bits per heavy atom. The number of hydrogen-bond acceptors (Lipinski definition) is 5. The first-order valence-corrected chi connectivity index (χ1v) is 10.6. The maximum Gasteiger partial charge on any atom is 0.329 e. The number of nitrogens with one attached hydrogen (secondary N) is 2. The van der Waals surface area contributed by atoms with E-state index in [-0.39, 0.29) is 18.0 Å². The van der Waals surface area contributed by atoms with Gasteiger partial charge in [0.15, 0.2) is 5.82 Å². The summed E-state index contributed by atoms with van der Waals surface area (Å²) >= 11 is 3.39. The van der Waals surface area contributed by atoms with E-state index < -0.39 is 0 Å². The number of urea groups is 1. The highest BCUT2D eigenvalue weighted by atomic mass is 79.9. The minimum absolute atomic E-state index is 0.0203. The second-order valence-corrected chi connectivity index (χ2v) is 8.66. The predicted molar refractivity (Wildman–Crippen MR) is 113 cm³/mol. The van der Waals surface area contributed by atoms with Gasteiger partial charge in [0.1, 0.15) is 11.5 Å². The fourth-order valence-corrected chi connectivity index (χ4v) is 4.23. The van der Waals surface area contributed by atoms with Gasteiger partial charge in [-0.3, -0.25) is 15.0 Å². The molecule has 0 spiro atoms. The standard InChI is InChI=1S/C20H21BrN6O2/c21-13-5-7-22-17(9-13)25-20(29)27-14-6-8-26(11-14)16-4-3-15(24-18(16)27)19(28)23-10-12-1-2-12/h3-5,7,9,12,14H,1-2,6,8,10-11H2,(H,23,28)(H,22,25,29). The van der Waals surface area contributed by atoms with Crippen molar-refractivity contribution in [2.75, 3.05) is 34.8 Å². The third-order valence-electron chi connectivity index (χ3n) is 5.61. The van der Waals surface area contributed by atoms with Crippen LogP contribution in [0.1, 0.15) is 29.8 Å². The van der Waals surface area contributed by atoms with Gasteiger partial charge in [-0.2, -0.15) is 0 Å². The van der Waals surface area contributed by atoms with Crippen molar-refractivity contribution >= 4 is 45.2 Å². The lowest BCUT2D eigenvalue weighted by atomic mass is 10.1. The Hall–Kier alpha value is -2.68. The van der Waals surface area contributed by atoms with Gasteiger partial charge in [0, 0.05) is 30.3 Å². The first-order chi connectivity index (χ1) is 14.1. The van der Waals surface area contributed by atoms with Gasteiger partial charge in [-0.1, -0.05) is 15.9 Å². The molecule has 1 aliphatic carbocycles. The minimum Gasteiger partial charge on any atom is -0.366 e. The summed E-state index contributed by atoms with van der Waals surface area (Å²) in [5.41, 5.74) is 1.22. The zero-order valence-corrected chi connectivity index (χ0v) is 17.4. The molecule has 3 amide bonds. The Labute approximate surface area is 176 Å². The quantitative estimate of drug-likeness (QED) is 0.737. The van der Waals surface area contributed by atoms with E-state index in [1.807, 2.05) is 6.07 Å². The molecule has 2 N–H and O–H groups in total. The Balaban J connectivity index is 1.43. The number of nitrogens with zero attached hydrogens (tertiary/aromatic N) is 4. The molecule has 0 aromatic carbocycles. The van der Waals surface area contributed by atoms with Crippen LogP contribution in [0.5, 0.6) is 0 Å². The molecular formula is C20H21BrN6O2. The first kappa shape index (κ1) is 18.4. The molecule has 1 saturated carbocycles. The Kier molecular flexibility index (Phi) is 4.61. The molecule has 1 unspecified atom stereocenters. The lowest BCUT2D eigenvalue weighted by Crippen LogP contribution is -2.48. The van der Waals surface area contributed by atoms with E-state index in [1.165, 1.54) is 12.8 Å². The largest absolute Gasteiger partial charge is 0.366 e. The molecule has 2 aromatic heterocycles. The summed E-state index contributed by atoms with van der Waals surface area (Å²) in [6, 6.07) is 6.92. The molecule has 3 aliphatic rings. The van der Waals surface area contributed by atoms with Gasteiger partial charge in [-0.15, -0.1) is 0 Å². The van der Waals surface area contributed by atoms with Crippen LogP contribution in [0.25, 0.3) is 0 Å². The average Bonchev–Trinajstić information content (AvgIpc) is 3.45. The molecule has 9 heteroatoms.